The lowest BCUT2D eigenvalue weighted by molar-refractivity contribution is 0.0696. The standard InChI is InChI=1S/C13H21NO3/c1-9(2)13(3,4)8-14-6-11-5-10(7-17-11)12(15)16/h5,7,9,14H,6,8H2,1-4H3,(H,15,16). The smallest absolute Gasteiger partial charge is 0.338 e. The van der Waals surface area contributed by atoms with Gasteiger partial charge in [-0.15, -0.1) is 0 Å². The molecule has 1 aromatic heterocycles. The van der Waals surface area contributed by atoms with Crippen molar-refractivity contribution in [1.82, 2.24) is 5.32 Å². The fourth-order valence-electron chi connectivity index (χ4n) is 1.30. The molecule has 0 bridgehead atoms. The van der Waals surface area contributed by atoms with E-state index in [9.17, 15) is 4.79 Å². The van der Waals surface area contributed by atoms with Crippen LogP contribution < -0.4 is 5.32 Å². The molecule has 0 unspecified atom stereocenters. The Hall–Kier alpha value is -1.29. The molecule has 4 nitrogen and oxygen atoms in total. The Morgan fingerprint density at radius 3 is 2.65 bits per heavy atom. The lowest BCUT2D eigenvalue weighted by atomic mass is 9.81. The van der Waals surface area contributed by atoms with Crippen molar-refractivity contribution in [3.05, 3.63) is 23.7 Å². The van der Waals surface area contributed by atoms with Crippen LogP contribution in [-0.2, 0) is 6.54 Å². The largest absolute Gasteiger partial charge is 0.478 e. The Morgan fingerprint density at radius 2 is 2.18 bits per heavy atom. The van der Waals surface area contributed by atoms with Crippen molar-refractivity contribution in [2.45, 2.75) is 34.2 Å². The predicted molar refractivity (Wildman–Crippen MR) is 66.0 cm³/mol. The van der Waals surface area contributed by atoms with E-state index >= 15 is 0 Å². The van der Waals surface area contributed by atoms with Crippen molar-refractivity contribution in [2.24, 2.45) is 11.3 Å². The number of hydrogen-bond donors (Lipinski definition) is 2. The van der Waals surface area contributed by atoms with Gasteiger partial charge in [-0.2, -0.15) is 0 Å². The zero-order valence-electron chi connectivity index (χ0n) is 10.9. The molecule has 96 valence electrons. The molecule has 0 fully saturated rings. The topological polar surface area (TPSA) is 62.5 Å². The quantitative estimate of drug-likeness (QED) is 0.801. The summed E-state index contributed by atoms with van der Waals surface area (Å²) < 4.78 is 5.16. The van der Waals surface area contributed by atoms with Crippen molar-refractivity contribution in [2.75, 3.05) is 6.54 Å². The minimum atomic E-state index is -0.956. The summed E-state index contributed by atoms with van der Waals surface area (Å²) in [5.74, 6) is 0.283. The summed E-state index contributed by atoms with van der Waals surface area (Å²) in [4.78, 5) is 10.7. The summed E-state index contributed by atoms with van der Waals surface area (Å²) >= 11 is 0. The van der Waals surface area contributed by atoms with E-state index in [1.807, 2.05) is 0 Å². The monoisotopic (exact) mass is 239 g/mol. The fourth-order valence-corrected chi connectivity index (χ4v) is 1.30. The molecule has 0 amide bonds. The van der Waals surface area contributed by atoms with Crippen LogP contribution in [0.25, 0.3) is 0 Å². The molecule has 0 saturated carbocycles. The van der Waals surface area contributed by atoms with Crippen molar-refractivity contribution in [1.29, 1.82) is 0 Å². The summed E-state index contributed by atoms with van der Waals surface area (Å²) in [5, 5.41) is 12.0. The van der Waals surface area contributed by atoms with Crippen LogP contribution in [0, 0.1) is 11.3 Å². The van der Waals surface area contributed by atoms with Gasteiger partial charge < -0.3 is 14.8 Å². The maximum Gasteiger partial charge on any atom is 0.338 e. The average molecular weight is 239 g/mol. The van der Waals surface area contributed by atoms with Crippen LogP contribution in [-0.4, -0.2) is 17.6 Å². The second-order valence-corrected chi connectivity index (χ2v) is 5.35. The second-order valence-electron chi connectivity index (χ2n) is 5.35. The van der Waals surface area contributed by atoms with E-state index in [0.717, 1.165) is 6.54 Å². The molecule has 0 saturated heterocycles. The van der Waals surface area contributed by atoms with E-state index in [4.69, 9.17) is 9.52 Å². The molecule has 1 heterocycles. The van der Waals surface area contributed by atoms with Gasteiger partial charge in [-0.3, -0.25) is 0 Å². The van der Waals surface area contributed by atoms with Gasteiger partial charge in [0.1, 0.15) is 12.0 Å². The van der Waals surface area contributed by atoms with E-state index in [2.05, 4.69) is 33.0 Å². The van der Waals surface area contributed by atoms with Crippen LogP contribution in [0.15, 0.2) is 16.7 Å². The second kappa shape index (κ2) is 5.36. The normalized spacial score (nSPS) is 12.1. The van der Waals surface area contributed by atoms with E-state index < -0.39 is 5.97 Å². The Kier molecular flexibility index (Phi) is 4.34. The number of hydrogen-bond acceptors (Lipinski definition) is 3. The van der Waals surface area contributed by atoms with E-state index in [1.54, 1.807) is 6.07 Å². The molecule has 0 atom stereocenters. The fraction of sp³-hybridized carbons (Fsp3) is 0.615. The molecule has 0 aliphatic heterocycles. The molecule has 0 spiro atoms. The van der Waals surface area contributed by atoms with Crippen LogP contribution in [0.4, 0.5) is 0 Å². The third kappa shape index (κ3) is 3.89. The van der Waals surface area contributed by atoms with Crippen LogP contribution in [0.2, 0.25) is 0 Å². The summed E-state index contributed by atoms with van der Waals surface area (Å²) in [6.45, 7) is 10.2. The van der Waals surface area contributed by atoms with Gasteiger partial charge in [0.25, 0.3) is 0 Å². The molecule has 17 heavy (non-hydrogen) atoms. The zero-order chi connectivity index (χ0) is 13.1. The minimum Gasteiger partial charge on any atom is -0.478 e. The first-order valence-corrected chi connectivity index (χ1v) is 5.84. The number of carboxylic acid groups (broad SMARTS) is 1. The van der Waals surface area contributed by atoms with Gasteiger partial charge in [0, 0.05) is 6.54 Å². The van der Waals surface area contributed by atoms with Gasteiger partial charge in [-0.05, 0) is 17.4 Å². The van der Waals surface area contributed by atoms with Crippen molar-refractivity contribution >= 4 is 5.97 Å². The molecule has 0 radical (unpaired) electrons. The number of nitrogens with one attached hydrogen (secondary N) is 1. The van der Waals surface area contributed by atoms with Crippen LogP contribution >= 0.6 is 0 Å². The molecule has 1 rings (SSSR count). The van der Waals surface area contributed by atoms with Crippen LogP contribution in [0.3, 0.4) is 0 Å². The molecule has 2 N–H and O–H groups in total. The van der Waals surface area contributed by atoms with E-state index in [1.165, 1.54) is 6.26 Å². The molecular formula is C13H21NO3. The Labute approximate surface area is 102 Å². The van der Waals surface area contributed by atoms with Gasteiger partial charge in [-0.25, -0.2) is 4.79 Å². The summed E-state index contributed by atoms with van der Waals surface area (Å²) in [6.07, 6.45) is 1.27. The predicted octanol–water partition coefficient (Wildman–Crippen LogP) is 2.75. The SMILES string of the molecule is CC(C)C(C)(C)CNCc1cc(C(=O)O)co1. The first-order valence-electron chi connectivity index (χ1n) is 5.84. The Bertz CT molecular complexity index is 380. The Morgan fingerprint density at radius 1 is 1.53 bits per heavy atom. The first kappa shape index (κ1) is 13.8. The van der Waals surface area contributed by atoms with Gasteiger partial charge in [0.05, 0.1) is 12.1 Å². The molecule has 0 aromatic carbocycles. The van der Waals surface area contributed by atoms with Crippen molar-refractivity contribution < 1.29 is 14.3 Å². The van der Waals surface area contributed by atoms with Crippen LogP contribution in [0.1, 0.15) is 43.8 Å². The third-order valence-corrected chi connectivity index (χ3v) is 3.34. The van der Waals surface area contributed by atoms with Crippen molar-refractivity contribution in [3.63, 3.8) is 0 Å². The van der Waals surface area contributed by atoms with E-state index in [0.29, 0.717) is 18.2 Å². The summed E-state index contributed by atoms with van der Waals surface area (Å²) in [5.41, 5.74) is 0.410. The first-order chi connectivity index (χ1) is 7.83. The zero-order valence-corrected chi connectivity index (χ0v) is 10.9. The number of aromatic carboxylic acids is 1. The van der Waals surface area contributed by atoms with Gasteiger partial charge in [0.15, 0.2) is 0 Å². The Balaban J connectivity index is 2.43. The molecule has 4 heteroatoms. The summed E-state index contributed by atoms with van der Waals surface area (Å²) in [6, 6.07) is 1.55. The van der Waals surface area contributed by atoms with Gasteiger partial charge in [0.2, 0.25) is 0 Å². The van der Waals surface area contributed by atoms with Gasteiger partial charge >= 0.3 is 5.97 Å². The van der Waals surface area contributed by atoms with Crippen molar-refractivity contribution in [3.8, 4) is 0 Å². The number of furan rings is 1. The summed E-state index contributed by atoms with van der Waals surface area (Å²) in [7, 11) is 0. The maximum atomic E-state index is 10.7. The highest BCUT2D eigenvalue weighted by Gasteiger charge is 2.21. The average Bonchev–Trinajstić information content (AvgIpc) is 2.66. The maximum absolute atomic E-state index is 10.7. The van der Waals surface area contributed by atoms with Gasteiger partial charge in [-0.1, -0.05) is 27.7 Å². The molecule has 0 aliphatic carbocycles. The lowest BCUT2D eigenvalue weighted by Crippen LogP contribution is -2.33. The number of carbonyl (C=O) groups is 1. The number of rotatable bonds is 6. The highest BCUT2D eigenvalue weighted by Crippen LogP contribution is 2.24. The number of carboxylic acids is 1. The highest BCUT2D eigenvalue weighted by atomic mass is 16.4. The van der Waals surface area contributed by atoms with Crippen LogP contribution in [0.5, 0.6) is 0 Å². The highest BCUT2D eigenvalue weighted by molar-refractivity contribution is 5.87. The minimum absolute atomic E-state index is 0.199. The van der Waals surface area contributed by atoms with E-state index in [-0.39, 0.29) is 11.0 Å². The third-order valence-electron chi connectivity index (χ3n) is 3.34. The molecular weight excluding hydrogens is 218 g/mol. The lowest BCUT2D eigenvalue weighted by Gasteiger charge is -2.29. The molecule has 1 aromatic rings. The molecule has 0 aliphatic rings.